The van der Waals surface area contributed by atoms with Gasteiger partial charge in [-0.3, -0.25) is 4.57 Å². The van der Waals surface area contributed by atoms with Gasteiger partial charge in [0.25, 0.3) is 0 Å². The zero-order chi connectivity index (χ0) is 13.5. The Morgan fingerprint density at radius 1 is 1.10 bits per heavy atom. The van der Waals surface area contributed by atoms with Crippen LogP contribution in [-0.4, -0.2) is 14.8 Å². The van der Waals surface area contributed by atoms with Crippen LogP contribution < -0.4 is 0 Å². The number of nitrogens with zero attached hydrogens (tertiary/aromatic N) is 3. The maximum Gasteiger partial charge on any atom is 0.225 e. The second kappa shape index (κ2) is 4.88. The minimum atomic E-state index is 0.520. The molecule has 2 fully saturated rings. The van der Waals surface area contributed by atoms with E-state index in [2.05, 4.69) is 26.9 Å². The van der Waals surface area contributed by atoms with Gasteiger partial charge in [-0.2, -0.15) is 0 Å². The quantitative estimate of drug-likeness (QED) is 0.853. The third-order valence-corrected chi connectivity index (χ3v) is 5.32. The standard InChI is InChI=1S/C16H18ClN3/c17-16-19-18-15(12-4-2-1-3-5-12)20(16)10-14-9-11-6-7-13(14)8-11/h1-5,11,13-14H,6-10H2. The lowest BCUT2D eigenvalue weighted by atomic mass is 9.89. The van der Waals surface area contributed by atoms with E-state index in [1.807, 2.05) is 18.2 Å². The van der Waals surface area contributed by atoms with Gasteiger partial charge in [0.2, 0.25) is 5.28 Å². The van der Waals surface area contributed by atoms with Crippen molar-refractivity contribution in [3.63, 3.8) is 0 Å². The number of hydrogen-bond acceptors (Lipinski definition) is 2. The summed E-state index contributed by atoms with van der Waals surface area (Å²) < 4.78 is 2.10. The predicted molar refractivity (Wildman–Crippen MR) is 79.4 cm³/mol. The minimum Gasteiger partial charge on any atom is -0.297 e. The molecule has 0 saturated heterocycles. The van der Waals surface area contributed by atoms with Crippen molar-refractivity contribution in [2.75, 3.05) is 0 Å². The lowest BCUT2D eigenvalue weighted by Crippen LogP contribution is -2.18. The smallest absolute Gasteiger partial charge is 0.225 e. The van der Waals surface area contributed by atoms with E-state index in [0.717, 1.165) is 35.7 Å². The Morgan fingerprint density at radius 2 is 1.95 bits per heavy atom. The highest BCUT2D eigenvalue weighted by Crippen LogP contribution is 2.49. The lowest BCUT2D eigenvalue weighted by molar-refractivity contribution is 0.296. The van der Waals surface area contributed by atoms with Gasteiger partial charge in [0.05, 0.1) is 0 Å². The molecule has 3 nitrogen and oxygen atoms in total. The largest absolute Gasteiger partial charge is 0.297 e. The van der Waals surface area contributed by atoms with E-state index in [9.17, 15) is 0 Å². The molecular formula is C16H18ClN3. The van der Waals surface area contributed by atoms with Gasteiger partial charge in [-0.1, -0.05) is 36.8 Å². The molecule has 0 aliphatic heterocycles. The second-order valence-corrected chi connectivity index (χ2v) is 6.54. The topological polar surface area (TPSA) is 30.7 Å². The molecule has 0 spiro atoms. The van der Waals surface area contributed by atoms with Crippen LogP contribution in [0, 0.1) is 17.8 Å². The van der Waals surface area contributed by atoms with Crippen molar-refractivity contribution in [1.82, 2.24) is 14.8 Å². The second-order valence-electron chi connectivity index (χ2n) is 6.20. The molecule has 0 N–H and O–H groups in total. The Hall–Kier alpha value is -1.35. The summed E-state index contributed by atoms with van der Waals surface area (Å²) in [6.45, 7) is 0.969. The summed E-state index contributed by atoms with van der Waals surface area (Å²) in [4.78, 5) is 0. The van der Waals surface area contributed by atoms with Gasteiger partial charge in [-0.15, -0.1) is 10.2 Å². The van der Waals surface area contributed by atoms with Gasteiger partial charge >= 0.3 is 0 Å². The van der Waals surface area contributed by atoms with Crippen molar-refractivity contribution < 1.29 is 0 Å². The maximum atomic E-state index is 6.26. The molecule has 2 aromatic rings. The van der Waals surface area contributed by atoms with Gasteiger partial charge in [0, 0.05) is 12.1 Å². The number of benzene rings is 1. The number of fused-ring (bicyclic) bond motifs is 2. The first-order valence-corrected chi connectivity index (χ1v) is 7.83. The van der Waals surface area contributed by atoms with Crippen LogP contribution in [0.4, 0.5) is 0 Å². The average Bonchev–Trinajstić information content (AvgIpc) is 3.17. The summed E-state index contributed by atoms with van der Waals surface area (Å²) in [5.74, 6) is 3.51. The number of hydrogen-bond donors (Lipinski definition) is 0. The fourth-order valence-corrected chi connectivity index (χ4v) is 4.27. The Bertz CT molecular complexity index is 607. The van der Waals surface area contributed by atoms with Crippen molar-refractivity contribution in [1.29, 1.82) is 0 Å². The molecule has 20 heavy (non-hydrogen) atoms. The summed E-state index contributed by atoms with van der Waals surface area (Å²) >= 11 is 6.26. The van der Waals surface area contributed by atoms with E-state index < -0.39 is 0 Å². The third kappa shape index (κ3) is 2.05. The van der Waals surface area contributed by atoms with E-state index in [1.165, 1.54) is 25.7 Å². The fraction of sp³-hybridized carbons (Fsp3) is 0.500. The maximum absolute atomic E-state index is 6.26. The SMILES string of the molecule is Clc1nnc(-c2ccccc2)n1CC1CC2CCC1C2. The van der Waals surface area contributed by atoms with E-state index in [1.54, 1.807) is 0 Å². The summed E-state index contributed by atoms with van der Waals surface area (Å²) in [5, 5.41) is 8.87. The summed E-state index contributed by atoms with van der Waals surface area (Å²) in [6.07, 6.45) is 5.61. The van der Waals surface area contributed by atoms with Crippen LogP contribution in [0.2, 0.25) is 5.28 Å². The van der Waals surface area contributed by atoms with Gasteiger partial charge < -0.3 is 0 Å². The van der Waals surface area contributed by atoms with Crippen LogP contribution >= 0.6 is 11.6 Å². The van der Waals surface area contributed by atoms with Crippen LogP contribution in [0.1, 0.15) is 25.7 Å². The van der Waals surface area contributed by atoms with Crippen LogP contribution in [0.25, 0.3) is 11.4 Å². The molecule has 104 valence electrons. The van der Waals surface area contributed by atoms with Crippen LogP contribution in [0.5, 0.6) is 0 Å². The van der Waals surface area contributed by atoms with E-state index >= 15 is 0 Å². The Labute approximate surface area is 124 Å². The molecule has 2 aliphatic carbocycles. The average molecular weight is 288 g/mol. The summed E-state index contributed by atoms with van der Waals surface area (Å²) in [7, 11) is 0. The van der Waals surface area contributed by atoms with Gasteiger partial charge in [0.15, 0.2) is 5.82 Å². The third-order valence-electron chi connectivity index (χ3n) is 5.04. The molecule has 4 heteroatoms. The van der Waals surface area contributed by atoms with Crippen LogP contribution in [0.15, 0.2) is 30.3 Å². The minimum absolute atomic E-state index is 0.520. The first kappa shape index (κ1) is 12.4. The van der Waals surface area contributed by atoms with E-state index in [-0.39, 0.29) is 0 Å². The zero-order valence-electron chi connectivity index (χ0n) is 11.4. The van der Waals surface area contributed by atoms with E-state index in [4.69, 9.17) is 11.6 Å². The Morgan fingerprint density at radius 3 is 2.65 bits per heavy atom. The van der Waals surface area contributed by atoms with Crippen molar-refractivity contribution in [3.8, 4) is 11.4 Å². The summed E-state index contributed by atoms with van der Waals surface area (Å²) in [6, 6.07) is 10.2. The van der Waals surface area contributed by atoms with Crippen molar-refractivity contribution in [2.45, 2.75) is 32.2 Å². The highest BCUT2D eigenvalue weighted by Gasteiger charge is 2.39. The van der Waals surface area contributed by atoms with Crippen LogP contribution in [-0.2, 0) is 6.54 Å². The fourth-order valence-electron chi connectivity index (χ4n) is 4.08. The molecule has 4 rings (SSSR count). The predicted octanol–water partition coefficient (Wildman–Crippen LogP) is 4.03. The first-order valence-electron chi connectivity index (χ1n) is 7.45. The lowest BCUT2D eigenvalue weighted by Gasteiger charge is -2.22. The molecule has 2 bridgehead atoms. The number of aromatic nitrogens is 3. The number of halogens is 1. The van der Waals surface area contributed by atoms with Crippen molar-refractivity contribution in [3.05, 3.63) is 35.6 Å². The molecule has 2 saturated carbocycles. The zero-order valence-corrected chi connectivity index (χ0v) is 12.1. The highest BCUT2D eigenvalue weighted by atomic mass is 35.5. The molecule has 1 aromatic carbocycles. The van der Waals surface area contributed by atoms with Crippen LogP contribution in [0.3, 0.4) is 0 Å². The Balaban J connectivity index is 1.63. The monoisotopic (exact) mass is 287 g/mol. The van der Waals surface area contributed by atoms with Gasteiger partial charge in [-0.25, -0.2) is 0 Å². The summed E-state index contributed by atoms with van der Waals surface area (Å²) in [5.41, 5.74) is 1.09. The van der Waals surface area contributed by atoms with Gasteiger partial charge in [0.1, 0.15) is 0 Å². The molecule has 1 heterocycles. The molecule has 0 radical (unpaired) electrons. The molecule has 3 unspecified atom stereocenters. The van der Waals surface area contributed by atoms with Gasteiger partial charge in [-0.05, 0) is 48.6 Å². The molecule has 3 atom stereocenters. The first-order chi connectivity index (χ1) is 9.81. The molecule has 2 aliphatic rings. The number of rotatable bonds is 3. The van der Waals surface area contributed by atoms with E-state index in [0.29, 0.717) is 5.28 Å². The van der Waals surface area contributed by atoms with Crippen molar-refractivity contribution >= 4 is 11.6 Å². The molecular weight excluding hydrogens is 270 g/mol. The molecule has 0 amide bonds. The van der Waals surface area contributed by atoms with Crippen molar-refractivity contribution in [2.24, 2.45) is 17.8 Å². The normalized spacial score (nSPS) is 28.1. The molecule has 1 aromatic heterocycles. The Kier molecular flexibility index (Phi) is 3.03. The highest BCUT2D eigenvalue weighted by molar-refractivity contribution is 6.28.